The Bertz CT molecular complexity index is 570. The molecule has 0 bridgehead atoms. The molecule has 4 nitrogen and oxygen atoms in total. The van der Waals surface area contributed by atoms with Crippen molar-refractivity contribution in [1.29, 1.82) is 0 Å². The van der Waals surface area contributed by atoms with Gasteiger partial charge >= 0.3 is 0 Å². The molecular weight excluding hydrogens is 250 g/mol. The topological polar surface area (TPSA) is 41.3 Å². The van der Waals surface area contributed by atoms with Crippen molar-refractivity contribution in [2.24, 2.45) is 7.05 Å². The molecule has 1 aromatic carbocycles. The predicted octanol–water partition coefficient (Wildman–Crippen LogP) is 2.48. The smallest absolute Gasteiger partial charge is 0.0955 e. The van der Waals surface area contributed by atoms with E-state index >= 15 is 0 Å². The summed E-state index contributed by atoms with van der Waals surface area (Å²) in [5.41, 5.74) is 3.04. The standard InChI is InChI=1S/C16H23N3O/c1-18-12-17-14-10-13(6-7-15(14)18)16(20)11-19-8-4-2-3-5-9-19/h6-7,10,12,16,20H,2-5,8-9,11H2,1H3. The van der Waals surface area contributed by atoms with Gasteiger partial charge in [-0.05, 0) is 43.6 Å². The van der Waals surface area contributed by atoms with E-state index < -0.39 is 6.10 Å². The zero-order valence-electron chi connectivity index (χ0n) is 12.1. The number of β-amino-alcohol motifs (C(OH)–C–C–N with tert-alkyl or cyclic N) is 1. The van der Waals surface area contributed by atoms with Crippen LogP contribution in [0.1, 0.15) is 37.4 Å². The Morgan fingerprint density at radius 2 is 1.95 bits per heavy atom. The van der Waals surface area contributed by atoms with E-state index in [-0.39, 0.29) is 0 Å². The molecule has 2 aromatic rings. The molecule has 4 heteroatoms. The summed E-state index contributed by atoms with van der Waals surface area (Å²) in [6, 6.07) is 6.08. The van der Waals surface area contributed by atoms with Gasteiger partial charge in [-0.1, -0.05) is 18.9 Å². The van der Waals surface area contributed by atoms with Crippen LogP contribution in [0.4, 0.5) is 0 Å². The second-order valence-corrected chi connectivity index (χ2v) is 5.83. The lowest BCUT2D eigenvalue weighted by Gasteiger charge is -2.23. The van der Waals surface area contributed by atoms with Crippen LogP contribution in [0.5, 0.6) is 0 Å². The van der Waals surface area contributed by atoms with Gasteiger partial charge in [-0.15, -0.1) is 0 Å². The molecule has 3 rings (SSSR count). The molecule has 0 aliphatic carbocycles. The maximum absolute atomic E-state index is 10.5. The first-order valence-corrected chi connectivity index (χ1v) is 7.55. The van der Waals surface area contributed by atoms with Gasteiger partial charge in [0.2, 0.25) is 0 Å². The van der Waals surface area contributed by atoms with E-state index in [2.05, 4.69) is 9.88 Å². The van der Waals surface area contributed by atoms with Gasteiger partial charge in [0.05, 0.1) is 23.5 Å². The Balaban J connectivity index is 1.72. The molecule has 1 saturated heterocycles. The second kappa shape index (κ2) is 5.94. The Labute approximate surface area is 120 Å². The number of aromatic nitrogens is 2. The molecule has 0 saturated carbocycles. The third-order valence-electron chi connectivity index (χ3n) is 4.26. The highest BCUT2D eigenvalue weighted by Gasteiger charge is 2.16. The lowest BCUT2D eigenvalue weighted by atomic mass is 10.1. The summed E-state index contributed by atoms with van der Waals surface area (Å²) in [5.74, 6) is 0. The van der Waals surface area contributed by atoms with Gasteiger partial charge in [-0.25, -0.2) is 4.98 Å². The summed E-state index contributed by atoms with van der Waals surface area (Å²) < 4.78 is 2.00. The number of likely N-dealkylation sites (tertiary alicyclic amines) is 1. The summed E-state index contributed by atoms with van der Waals surface area (Å²) in [7, 11) is 1.99. The number of aryl methyl sites for hydroxylation is 1. The molecule has 2 heterocycles. The van der Waals surface area contributed by atoms with Crippen LogP contribution >= 0.6 is 0 Å². The van der Waals surface area contributed by atoms with Crippen LogP contribution in [0.25, 0.3) is 11.0 Å². The van der Waals surface area contributed by atoms with Crippen molar-refractivity contribution >= 4 is 11.0 Å². The number of fused-ring (bicyclic) bond motifs is 1. The maximum Gasteiger partial charge on any atom is 0.0955 e. The third-order valence-corrected chi connectivity index (χ3v) is 4.26. The van der Waals surface area contributed by atoms with Crippen molar-refractivity contribution in [3.8, 4) is 0 Å². The van der Waals surface area contributed by atoms with Crippen LogP contribution < -0.4 is 0 Å². The average Bonchev–Trinajstić information content (AvgIpc) is 2.66. The summed E-state index contributed by atoms with van der Waals surface area (Å²) in [5, 5.41) is 10.5. The SMILES string of the molecule is Cn1cnc2cc(C(O)CN3CCCCCC3)ccc21. The molecular formula is C16H23N3O. The van der Waals surface area contributed by atoms with Gasteiger partial charge in [-0.3, -0.25) is 0 Å². The number of hydrogen-bond acceptors (Lipinski definition) is 3. The number of aliphatic hydroxyl groups excluding tert-OH is 1. The van der Waals surface area contributed by atoms with E-state index in [0.717, 1.165) is 36.2 Å². The molecule has 1 fully saturated rings. The Morgan fingerprint density at radius 3 is 2.70 bits per heavy atom. The highest BCUT2D eigenvalue weighted by Crippen LogP contribution is 2.21. The fourth-order valence-corrected chi connectivity index (χ4v) is 3.03. The minimum Gasteiger partial charge on any atom is -0.387 e. The number of benzene rings is 1. The van der Waals surface area contributed by atoms with E-state index in [1.165, 1.54) is 25.7 Å². The number of aliphatic hydroxyl groups is 1. The van der Waals surface area contributed by atoms with E-state index in [4.69, 9.17) is 0 Å². The molecule has 1 atom stereocenters. The lowest BCUT2D eigenvalue weighted by Crippen LogP contribution is -2.29. The zero-order chi connectivity index (χ0) is 13.9. The fourth-order valence-electron chi connectivity index (χ4n) is 3.03. The van der Waals surface area contributed by atoms with Crippen LogP contribution in [-0.4, -0.2) is 39.2 Å². The van der Waals surface area contributed by atoms with Crippen molar-refractivity contribution in [3.63, 3.8) is 0 Å². The van der Waals surface area contributed by atoms with Crippen molar-refractivity contribution in [1.82, 2.24) is 14.5 Å². The number of hydrogen-bond donors (Lipinski definition) is 1. The first-order valence-electron chi connectivity index (χ1n) is 7.55. The second-order valence-electron chi connectivity index (χ2n) is 5.83. The van der Waals surface area contributed by atoms with Gasteiger partial charge in [0.1, 0.15) is 0 Å². The largest absolute Gasteiger partial charge is 0.387 e. The molecule has 1 N–H and O–H groups in total. The minimum absolute atomic E-state index is 0.417. The molecule has 1 aromatic heterocycles. The Morgan fingerprint density at radius 1 is 1.20 bits per heavy atom. The van der Waals surface area contributed by atoms with Crippen LogP contribution in [-0.2, 0) is 7.05 Å². The summed E-state index contributed by atoms with van der Waals surface area (Å²) in [6.07, 6.45) is 6.56. The van der Waals surface area contributed by atoms with Gasteiger partial charge < -0.3 is 14.6 Å². The van der Waals surface area contributed by atoms with E-state index in [0.29, 0.717) is 0 Å². The van der Waals surface area contributed by atoms with Gasteiger partial charge in [0.25, 0.3) is 0 Å². The van der Waals surface area contributed by atoms with Gasteiger partial charge in [0.15, 0.2) is 0 Å². The van der Waals surface area contributed by atoms with Gasteiger partial charge in [0, 0.05) is 13.6 Å². The highest BCUT2D eigenvalue weighted by molar-refractivity contribution is 5.76. The maximum atomic E-state index is 10.5. The predicted molar refractivity (Wildman–Crippen MR) is 80.6 cm³/mol. The van der Waals surface area contributed by atoms with Crippen LogP contribution in [0.15, 0.2) is 24.5 Å². The third kappa shape index (κ3) is 2.86. The number of rotatable bonds is 3. The Kier molecular flexibility index (Phi) is 4.03. The molecule has 1 unspecified atom stereocenters. The van der Waals surface area contributed by atoms with Gasteiger partial charge in [-0.2, -0.15) is 0 Å². The fraction of sp³-hybridized carbons (Fsp3) is 0.562. The van der Waals surface area contributed by atoms with Crippen LogP contribution in [0, 0.1) is 0 Å². The molecule has 1 aliphatic rings. The lowest BCUT2D eigenvalue weighted by molar-refractivity contribution is 0.115. The first kappa shape index (κ1) is 13.6. The minimum atomic E-state index is -0.417. The molecule has 20 heavy (non-hydrogen) atoms. The normalized spacial score (nSPS) is 19.1. The highest BCUT2D eigenvalue weighted by atomic mass is 16.3. The number of imidazole rings is 1. The molecule has 108 valence electrons. The van der Waals surface area contributed by atoms with E-state index in [1.807, 2.05) is 36.1 Å². The van der Waals surface area contributed by atoms with Crippen LogP contribution in [0.2, 0.25) is 0 Å². The summed E-state index contributed by atoms with van der Waals surface area (Å²) >= 11 is 0. The van der Waals surface area contributed by atoms with Crippen LogP contribution in [0.3, 0.4) is 0 Å². The monoisotopic (exact) mass is 273 g/mol. The first-order chi connectivity index (χ1) is 9.74. The summed E-state index contributed by atoms with van der Waals surface area (Å²) in [6.45, 7) is 2.96. The zero-order valence-corrected chi connectivity index (χ0v) is 12.1. The van der Waals surface area contributed by atoms with E-state index in [9.17, 15) is 5.11 Å². The van der Waals surface area contributed by atoms with Crippen molar-refractivity contribution in [3.05, 3.63) is 30.1 Å². The average molecular weight is 273 g/mol. The molecule has 1 aliphatic heterocycles. The number of nitrogens with zero attached hydrogens (tertiary/aromatic N) is 3. The van der Waals surface area contributed by atoms with Crippen molar-refractivity contribution < 1.29 is 5.11 Å². The van der Waals surface area contributed by atoms with Crippen molar-refractivity contribution in [2.75, 3.05) is 19.6 Å². The molecule has 0 amide bonds. The Hall–Kier alpha value is -1.39. The van der Waals surface area contributed by atoms with Crippen molar-refractivity contribution in [2.45, 2.75) is 31.8 Å². The summed E-state index contributed by atoms with van der Waals surface area (Å²) in [4.78, 5) is 6.75. The molecule has 0 spiro atoms. The quantitative estimate of drug-likeness (QED) is 0.934. The molecule has 0 radical (unpaired) electrons. The van der Waals surface area contributed by atoms with E-state index in [1.54, 1.807) is 0 Å².